The number of piperidine rings is 1. The van der Waals surface area contributed by atoms with E-state index in [1.165, 1.54) is 37.9 Å². The first-order valence-electron chi connectivity index (χ1n) is 6.17. The van der Waals surface area contributed by atoms with E-state index in [0.29, 0.717) is 5.41 Å². The maximum atomic E-state index is 8.87. The van der Waals surface area contributed by atoms with Gasteiger partial charge in [0.1, 0.15) is 0 Å². The Labute approximate surface area is 110 Å². The minimum absolute atomic E-state index is 0.631. The van der Waals surface area contributed by atoms with Gasteiger partial charge in [-0.2, -0.15) is 5.26 Å². The van der Waals surface area contributed by atoms with Crippen molar-refractivity contribution in [1.29, 1.82) is 5.26 Å². The van der Waals surface area contributed by atoms with Gasteiger partial charge >= 0.3 is 0 Å². The maximum Gasteiger partial charge on any atom is 0.0992 e. The highest BCUT2D eigenvalue weighted by atomic mass is 79.9. The number of hydrogen-bond donors (Lipinski definition) is 0. The van der Waals surface area contributed by atoms with Gasteiger partial charge in [-0.1, -0.05) is 0 Å². The van der Waals surface area contributed by atoms with Gasteiger partial charge in [0.15, 0.2) is 0 Å². The lowest BCUT2D eigenvalue weighted by atomic mass is 9.94. The van der Waals surface area contributed by atoms with Crippen molar-refractivity contribution in [2.75, 3.05) is 18.0 Å². The normalized spacial score (nSPS) is 21.3. The van der Waals surface area contributed by atoms with Crippen LogP contribution in [0.1, 0.15) is 31.2 Å². The Hall–Kier alpha value is -1.01. The Balaban J connectivity index is 1.86. The second-order valence-corrected chi connectivity index (χ2v) is 6.16. The molecule has 0 bridgehead atoms. The number of halogens is 1. The van der Waals surface area contributed by atoms with Gasteiger partial charge in [-0.25, -0.2) is 0 Å². The summed E-state index contributed by atoms with van der Waals surface area (Å²) in [7, 11) is 0. The van der Waals surface area contributed by atoms with Gasteiger partial charge in [-0.05, 0) is 65.2 Å². The van der Waals surface area contributed by atoms with E-state index in [-0.39, 0.29) is 0 Å². The molecule has 2 nitrogen and oxygen atoms in total. The molecule has 17 heavy (non-hydrogen) atoms. The van der Waals surface area contributed by atoms with Crippen LogP contribution in [0.5, 0.6) is 0 Å². The molecule has 3 rings (SSSR count). The van der Waals surface area contributed by atoms with E-state index in [9.17, 15) is 0 Å². The Morgan fingerprint density at radius 1 is 1.29 bits per heavy atom. The topological polar surface area (TPSA) is 27.0 Å². The molecule has 1 spiro atoms. The minimum Gasteiger partial charge on any atom is -0.370 e. The van der Waals surface area contributed by atoms with Gasteiger partial charge in [0.25, 0.3) is 0 Å². The fourth-order valence-corrected chi connectivity index (χ4v) is 3.46. The molecule has 0 N–H and O–H groups in total. The van der Waals surface area contributed by atoms with Crippen LogP contribution in [-0.2, 0) is 0 Å². The second kappa shape index (κ2) is 4.03. The van der Waals surface area contributed by atoms with Gasteiger partial charge in [0.05, 0.1) is 17.3 Å². The van der Waals surface area contributed by atoms with Crippen molar-refractivity contribution in [1.82, 2.24) is 0 Å². The van der Waals surface area contributed by atoms with Crippen LogP contribution in [0.2, 0.25) is 0 Å². The summed E-state index contributed by atoms with van der Waals surface area (Å²) in [5, 5.41) is 8.87. The molecule has 2 aliphatic rings. The molecular formula is C14H15BrN2. The number of hydrogen-bond acceptors (Lipinski definition) is 2. The number of benzene rings is 1. The Kier molecular flexibility index (Phi) is 2.63. The van der Waals surface area contributed by atoms with Crippen LogP contribution >= 0.6 is 15.9 Å². The number of anilines is 1. The van der Waals surface area contributed by atoms with E-state index in [2.05, 4.69) is 33.0 Å². The molecule has 0 aromatic heterocycles. The Morgan fingerprint density at radius 3 is 2.76 bits per heavy atom. The largest absolute Gasteiger partial charge is 0.370 e. The molecule has 1 saturated heterocycles. The predicted octanol–water partition coefficient (Wildman–Crippen LogP) is 3.70. The van der Waals surface area contributed by atoms with Crippen LogP contribution in [-0.4, -0.2) is 13.1 Å². The molecule has 0 radical (unpaired) electrons. The molecule has 1 saturated carbocycles. The van der Waals surface area contributed by atoms with Gasteiger partial charge in [0, 0.05) is 17.6 Å². The van der Waals surface area contributed by atoms with E-state index in [1.807, 2.05) is 12.1 Å². The van der Waals surface area contributed by atoms with Crippen molar-refractivity contribution in [2.24, 2.45) is 5.41 Å². The zero-order valence-electron chi connectivity index (χ0n) is 9.75. The third-order valence-electron chi connectivity index (χ3n) is 4.04. The molecule has 3 heteroatoms. The summed E-state index contributed by atoms with van der Waals surface area (Å²) in [6.07, 6.45) is 5.50. The van der Waals surface area contributed by atoms with Crippen molar-refractivity contribution in [3.05, 3.63) is 28.2 Å². The highest BCUT2D eigenvalue weighted by Gasteiger charge is 2.45. The SMILES string of the molecule is N#Cc1ccc(N2CCCC3(CC3)C2)c(Br)c1. The first-order chi connectivity index (χ1) is 8.22. The summed E-state index contributed by atoms with van der Waals surface area (Å²) >= 11 is 3.59. The van der Waals surface area contributed by atoms with Crippen LogP contribution in [0.3, 0.4) is 0 Å². The van der Waals surface area contributed by atoms with Gasteiger partial charge < -0.3 is 4.90 Å². The number of nitriles is 1. The van der Waals surface area contributed by atoms with E-state index >= 15 is 0 Å². The third kappa shape index (κ3) is 2.07. The summed E-state index contributed by atoms with van der Waals surface area (Å²) in [5.41, 5.74) is 2.60. The third-order valence-corrected chi connectivity index (χ3v) is 4.67. The Bertz CT molecular complexity index is 485. The molecule has 1 aromatic rings. The molecule has 2 fully saturated rings. The molecule has 1 aliphatic heterocycles. The fourth-order valence-electron chi connectivity index (χ4n) is 2.83. The monoisotopic (exact) mass is 290 g/mol. The van der Waals surface area contributed by atoms with Gasteiger partial charge in [0.2, 0.25) is 0 Å². The average Bonchev–Trinajstić information content (AvgIpc) is 3.08. The molecule has 1 heterocycles. The molecule has 1 aliphatic carbocycles. The van der Waals surface area contributed by atoms with E-state index < -0.39 is 0 Å². The van der Waals surface area contributed by atoms with Crippen LogP contribution in [0, 0.1) is 16.7 Å². The summed E-state index contributed by atoms with van der Waals surface area (Å²) in [4.78, 5) is 2.47. The van der Waals surface area contributed by atoms with Crippen LogP contribution in [0.15, 0.2) is 22.7 Å². The Morgan fingerprint density at radius 2 is 2.12 bits per heavy atom. The fraction of sp³-hybridized carbons (Fsp3) is 0.500. The van der Waals surface area contributed by atoms with Gasteiger partial charge in [-0.15, -0.1) is 0 Å². The minimum atomic E-state index is 0.631. The average molecular weight is 291 g/mol. The molecular weight excluding hydrogens is 276 g/mol. The second-order valence-electron chi connectivity index (χ2n) is 5.30. The van der Waals surface area contributed by atoms with Gasteiger partial charge in [-0.3, -0.25) is 0 Å². The van der Waals surface area contributed by atoms with E-state index in [4.69, 9.17) is 5.26 Å². The quantitative estimate of drug-likeness (QED) is 0.789. The summed E-state index contributed by atoms with van der Waals surface area (Å²) in [6.45, 7) is 2.34. The van der Waals surface area contributed by atoms with Crippen LogP contribution in [0.25, 0.3) is 0 Å². The molecule has 0 amide bonds. The molecule has 0 atom stereocenters. The molecule has 88 valence electrons. The zero-order chi connectivity index (χ0) is 11.9. The predicted molar refractivity (Wildman–Crippen MR) is 72.0 cm³/mol. The lowest BCUT2D eigenvalue weighted by Gasteiger charge is -2.35. The smallest absolute Gasteiger partial charge is 0.0992 e. The summed E-state index contributed by atoms with van der Waals surface area (Å²) in [5.74, 6) is 0. The lowest BCUT2D eigenvalue weighted by Crippen LogP contribution is -2.36. The van der Waals surface area contributed by atoms with Crippen molar-refractivity contribution in [2.45, 2.75) is 25.7 Å². The summed E-state index contributed by atoms with van der Waals surface area (Å²) in [6, 6.07) is 8.08. The zero-order valence-corrected chi connectivity index (χ0v) is 11.3. The first-order valence-corrected chi connectivity index (χ1v) is 6.96. The maximum absolute atomic E-state index is 8.87. The number of rotatable bonds is 1. The summed E-state index contributed by atoms with van der Waals surface area (Å²) < 4.78 is 1.05. The molecule has 1 aromatic carbocycles. The highest BCUT2D eigenvalue weighted by Crippen LogP contribution is 2.52. The van der Waals surface area contributed by atoms with Crippen LogP contribution in [0.4, 0.5) is 5.69 Å². The van der Waals surface area contributed by atoms with Crippen LogP contribution < -0.4 is 4.90 Å². The van der Waals surface area contributed by atoms with Crippen molar-refractivity contribution >= 4 is 21.6 Å². The van der Waals surface area contributed by atoms with E-state index in [0.717, 1.165) is 16.6 Å². The highest BCUT2D eigenvalue weighted by molar-refractivity contribution is 9.10. The lowest BCUT2D eigenvalue weighted by molar-refractivity contribution is 0.395. The first kappa shape index (κ1) is 11.1. The van der Waals surface area contributed by atoms with Crippen molar-refractivity contribution < 1.29 is 0 Å². The van der Waals surface area contributed by atoms with Crippen molar-refractivity contribution in [3.63, 3.8) is 0 Å². The standard InChI is InChI=1S/C14H15BrN2/c15-12-8-11(9-16)2-3-13(12)17-7-1-4-14(10-17)5-6-14/h2-3,8H,1,4-7,10H2. The molecule has 0 unspecified atom stereocenters. The van der Waals surface area contributed by atoms with E-state index in [1.54, 1.807) is 0 Å². The van der Waals surface area contributed by atoms with Crippen molar-refractivity contribution in [3.8, 4) is 6.07 Å². The number of nitrogens with zero attached hydrogens (tertiary/aromatic N) is 2.